The second kappa shape index (κ2) is 10.4. The van der Waals surface area contributed by atoms with Crippen LogP contribution in [0.3, 0.4) is 0 Å². The van der Waals surface area contributed by atoms with Crippen molar-refractivity contribution in [3.63, 3.8) is 0 Å². The van der Waals surface area contributed by atoms with Crippen molar-refractivity contribution in [2.24, 2.45) is 12.8 Å². The number of rotatable bonds is 8. The molecule has 0 spiro atoms. The molecular formula is C27H30N6O5. The number of benzene rings is 2. The number of aromatic nitrogens is 2. The minimum atomic E-state index is -1.52. The van der Waals surface area contributed by atoms with Crippen LogP contribution in [0, 0.1) is 5.41 Å². The molecule has 1 atom stereocenters. The average Bonchev–Trinajstić information content (AvgIpc) is 3.41. The van der Waals surface area contributed by atoms with E-state index in [1.165, 1.54) is 4.57 Å². The first-order chi connectivity index (χ1) is 18.0. The first-order valence-electron chi connectivity index (χ1n) is 12.3. The number of carboxylic acids is 1. The van der Waals surface area contributed by atoms with E-state index < -0.39 is 23.8 Å². The zero-order valence-electron chi connectivity index (χ0n) is 21.3. The van der Waals surface area contributed by atoms with Crippen molar-refractivity contribution in [2.45, 2.75) is 38.1 Å². The van der Waals surface area contributed by atoms with Crippen LogP contribution in [0.15, 0.2) is 47.3 Å². The molecule has 38 heavy (non-hydrogen) atoms. The third-order valence-corrected chi connectivity index (χ3v) is 6.88. The number of nitrogens with one attached hydrogen (secondary N) is 2. The molecule has 0 aliphatic carbocycles. The number of amidine groups is 1. The van der Waals surface area contributed by atoms with Crippen LogP contribution in [0.25, 0.3) is 11.0 Å². The number of aryl methyl sites for hydroxylation is 1. The van der Waals surface area contributed by atoms with Gasteiger partial charge >= 0.3 is 5.97 Å². The lowest BCUT2D eigenvalue weighted by Crippen LogP contribution is -2.55. The largest absolute Gasteiger partial charge is 0.481 e. The number of carbonyl (C=O) groups is 3. The van der Waals surface area contributed by atoms with Crippen LogP contribution in [-0.4, -0.2) is 56.3 Å². The van der Waals surface area contributed by atoms with Crippen molar-refractivity contribution in [2.75, 3.05) is 13.1 Å². The van der Waals surface area contributed by atoms with Gasteiger partial charge in [-0.1, -0.05) is 30.3 Å². The van der Waals surface area contributed by atoms with Crippen molar-refractivity contribution in [1.82, 2.24) is 19.8 Å². The van der Waals surface area contributed by atoms with Gasteiger partial charge in [-0.05, 0) is 43.0 Å². The number of hydrogen-bond donors (Lipinski definition) is 4. The molecule has 2 heterocycles. The molecule has 0 radical (unpaired) electrons. The highest BCUT2D eigenvalue weighted by molar-refractivity contribution is 5.98. The molecule has 1 saturated heterocycles. The maximum atomic E-state index is 13.6. The van der Waals surface area contributed by atoms with E-state index in [1.807, 2.05) is 0 Å². The predicted octanol–water partition coefficient (Wildman–Crippen LogP) is 1.24. The number of carboxylic acid groups (broad SMARTS) is 1. The molecule has 0 saturated carbocycles. The molecule has 2 amide bonds. The number of carbonyl (C=O) groups excluding carboxylic acids is 2. The monoisotopic (exact) mass is 518 g/mol. The van der Waals surface area contributed by atoms with Crippen molar-refractivity contribution >= 4 is 34.7 Å². The van der Waals surface area contributed by atoms with E-state index in [1.54, 1.807) is 61.3 Å². The topological polar surface area (TPSA) is 171 Å². The summed E-state index contributed by atoms with van der Waals surface area (Å²) in [4.78, 5) is 56.5. The van der Waals surface area contributed by atoms with Gasteiger partial charge in [-0.3, -0.25) is 24.6 Å². The van der Waals surface area contributed by atoms with Gasteiger partial charge in [-0.15, -0.1) is 0 Å². The average molecular weight is 519 g/mol. The summed E-state index contributed by atoms with van der Waals surface area (Å²) in [5.41, 5.74) is 6.83. The van der Waals surface area contributed by atoms with E-state index in [0.29, 0.717) is 35.2 Å². The van der Waals surface area contributed by atoms with Crippen molar-refractivity contribution in [1.29, 1.82) is 5.41 Å². The summed E-state index contributed by atoms with van der Waals surface area (Å²) in [5.74, 6) is -2.46. The zero-order chi connectivity index (χ0) is 27.6. The minimum absolute atomic E-state index is 0.0502. The van der Waals surface area contributed by atoms with Crippen LogP contribution in [0.5, 0.6) is 0 Å². The predicted molar refractivity (Wildman–Crippen MR) is 141 cm³/mol. The van der Waals surface area contributed by atoms with Crippen molar-refractivity contribution in [3.8, 4) is 0 Å². The summed E-state index contributed by atoms with van der Waals surface area (Å²) in [6, 6.07) is 12.0. The first-order valence-corrected chi connectivity index (χ1v) is 12.3. The Hall–Kier alpha value is -4.54. The fourth-order valence-corrected chi connectivity index (χ4v) is 4.76. The van der Waals surface area contributed by atoms with Crippen LogP contribution in [0.4, 0.5) is 0 Å². The first kappa shape index (κ1) is 26.5. The molecule has 4 rings (SSSR count). The van der Waals surface area contributed by atoms with E-state index in [2.05, 4.69) is 10.3 Å². The highest BCUT2D eigenvalue weighted by Crippen LogP contribution is 2.28. The quantitative estimate of drug-likeness (QED) is 0.197. The number of amides is 2. The van der Waals surface area contributed by atoms with Gasteiger partial charge in [0.1, 0.15) is 23.5 Å². The Morgan fingerprint density at radius 3 is 2.39 bits per heavy atom. The van der Waals surface area contributed by atoms with Crippen LogP contribution in [-0.2, 0) is 33.4 Å². The molecule has 0 bridgehead atoms. The van der Waals surface area contributed by atoms with Gasteiger partial charge in [0.05, 0.1) is 11.0 Å². The molecule has 3 aromatic rings. The minimum Gasteiger partial charge on any atom is -0.481 e. The molecule has 11 heteroatoms. The third-order valence-electron chi connectivity index (χ3n) is 6.88. The van der Waals surface area contributed by atoms with Crippen LogP contribution in [0.2, 0.25) is 0 Å². The van der Waals surface area contributed by atoms with E-state index in [4.69, 9.17) is 16.2 Å². The Balaban J connectivity index is 1.76. The molecule has 1 aliphatic rings. The highest BCUT2D eigenvalue weighted by Gasteiger charge is 2.41. The lowest BCUT2D eigenvalue weighted by Gasteiger charge is -2.34. The van der Waals surface area contributed by atoms with Gasteiger partial charge in [0, 0.05) is 32.1 Å². The Morgan fingerprint density at radius 1 is 1.13 bits per heavy atom. The Bertz CT molecular complexity index is 1490. The van der Waals surface area contributed by atoms with Gasteiger partial charge in [0.25, 0.3) is 11.5 Å². The Morgan fingerprint density at radius 2 is 1.79 bits per heavy atom. The summed E-state index contributed by atoms with van der Waals surface area (Å²) >= 11 is 0. The number of fused-ring (bicyclic) bond motifs is 1. The van der Waals surface area contributed by atoms with E-state index in [-0.39, 0.29) is 29.4 Å². The van der Waals surface area contributed by atoms with Gasteiger partial charge in [0.2, 0.25) is 5.91 Å². The summed E-state index contributed by atoms with van der Waals surface area (Å²) in [7, 11) is 1.64. The fraction of sp³-hybridized carbons (Fsp3) is 0.333. The van der Waals surface area contributed by atoms with E-state index in [9.17, 15) is 19.2 Å². The third kappa shape index (κ3) is 5.26. The number of nitrogens with zero attached hydrogens (tertiary/aromatic N) is 3. The van der Waals surface area contributed by atoms with Crippen molar-refractivity contribution < 1.29 is 19.5 Å². The second-order valence-corrected chi connectivity index (χ2v) is 9.66. The molecule has 1 unspecified atom stereocenters. The number of nitrogen functional groups attached to an aromatic ring is 1. The Kier molecular flexibility index (Phi) is 7.29. The van der Waals surface area contributed by atoms with Gasteiger partial charge in [-0.25, -0.2) is 4.98 Å². The van der Waals surface area contributed by atoms with Crippen molar-refractivity contribution in [3.05, 3.63) is 75.2 Å². The zero-order valence-corrected chi connectivity index (χ0v) is 21.3. The molecule has 5 N–H and O–H groups in total. The van der Waals surface area contributed by atoms with Gasteiger partial charge in [-0.2, -0.15) is 0 Å². The molecule has 1 aromatic heterocycles. The maximum absolute atomic E-state index is 13.6. The van der Waals surface area contributed by atoms with Crippen LogP contribution < -0.4 is 16.6 Å². The molecule has 198 valence electrons. The number of nitrogens with two attached hydrogens (primary N) is 1. The molecular weight excluding hydrogens is 488 g/mol. The summed E-state index contributed by atoms with van der Waals surface area (Å²) in [6.07, 6.45) is 1.17. The lowest BCUT2D eigenvalue weighted by molar-refractivity contribution is -0.145. The SMILES string of the molecule is Cn1c(=O)c(Cc2ccc(C(=N)N)cc2)nc2cc(C(C)(NC(=O)CC(=O)O)C(=O)N3CCCC3)ccc21. The fourth-order valence-electron chi connectivity index (χ4n) is 4.76. The van der Waals surface area contributed by atoms with Gasteiger partial charge < -0.3 is 25.6 Å². The van der Waals surface area contributed by atoms with E-state index >= 15 is 0 Å². The molecule has 11 nitrogen and oxygen atoms in total. The number of hydrogen-bond acceptors (Lipinski definition) is 6. The number of likely N-dealkylation sites (tertiary alicyclic amines) is 1. The number of aliphatic carboxylic acids is 1. The van der Waals surface area contributed by atoms with Gasteiger partial charge in [0.15, 0.2) is 0 Å². The standard InChI is InChI=1S/C27H30N6O5/c1-27(31-22(34)15-23(35)36,26(38)33-11-3-4-12-33)18-9-10-21-19(14-18)30-20(25(37)32(21)2)13-16-5-7-17(8-6-16)24(28)29/h5-10,14H,3-4,11-13,15H2,1-2H3,(H3,28,29)(H,31,34)(H,35,36). The lowest BCUT2D eigenvalue weighted by atomic mass is 9.89. The Labute approximate surface area is 218 Å². The smallest absolute Gasteiger partial charge is 0.312 e. The second-order valence-electron chi connectivity index (χ2n) is 9.66. The normalized spacial score (nSPS) is 14.7. The summed E-state index contributed by atoms with van der Waals surface area (Å²) < 4.78 is 1.48. The summed E-state index contributed by atoms with van der Waals surface area (Å²) in [6.45, 7) is 2.67. The molecule has 2 aromatic carbocycles. The van der Waals surface area contributed by atoms with Crippen LogP contribution >= 0.6 is 0 Å². The highest BCUT2D eigenvalue weighted by atomic mass is 16.4. The van der Waals surface area contributed by atoms with Crippen LogP contribution in [0.1, 0.15) is 48.6 Å². The maximum Gasteiger partial charge on any atom is 0.312 e. The summed E-state index contributed by atoms with van der Waals surface area (Å²) in [5, 5.41) is 19.3. The molecule has 1 fully saturated rings. The van der Waals surface area contributed by atoms with E-state index in [0.717, 1.165) is 18.4 Å². The molecule has 1 aliphatic heterocycles.